The topological polar surface area (TPSA) is 60.4 Å². The average molecular weight is 353 g/mol. The molecule has 21 heavy (non-hydrogen) atoms. The van der Waals surface area contributed by atoms with Crippen LogP contribution < -0.4 is 0 Å². The van der Waals surface area contributed by atoms with Crippen LogP contribution in [0.15, 0.2) is 28.7 Å². The van der Waals surface area contributed by atoms with Crippen LogP contribution in [0.3, 0.4) is 0 Å². The van der Waals surface area contributed by atoms with Crippen LogP contribution in [0.1, 0.15) is 37.7 Å². The van der Waals surface area contributed by atoms with E-state index in [1.54, 1.807) is 6.92 Å². The Morgan fingerprint density at radius 3 is 2.38 bits per heavy atom. The van der Waals surface area contributed by atoms with E-state index in [1.165, 1.54) is 5.56 Å². The first kappa shape index (κ1) is 15.9. The zero-order valence-electron chi connectivity index (χ0n) is 11.8. The molecule has 0 unspecified atom stereocenters. The van der Waals surface area contributed by atoms with Gasteiger partial charge in [0, 0.05) is 10.4 Å². The Hall–Kier alpha value is -1.49. The van der Waals surface area contributed by atoms with Crippen molar-refractivity contribution in [1.29, 1.82) is 0 Å². The summed E-state index contributed by atoms with van der Waals surface area (Å²) in [6, 6.07) is 8.04. The molecule has 1 aromatic rings. The number of hydrogen-bond acceptors (Lipinski definition) is 4. The predicted molar refractivity (Wildman–Crippen MR) is 80.9 cm³/mol. The van der Waals surface area contributed by atoms with Gasteiger partial charge in [-0.3, -0.25) is 9.59 Å². The number of ether oxygens (including phenoxy) is 1. The Balaban J connectivity index is 1.81. The number of Topliss-reactive ketones (excluding diaryl/α,β-unsaturated/α-hetero) is 2. The van der Waals surface area contributed by atoms with Gasteiger partial charge in [-0.05, 0) is 43.4 Å². The van der Waals surface area contributed by atoms with Crippen LogP contribution in [-0.2, 0) is 19.1 Å². The second-order valence-electron chi connectivity index (χ2n) is 5.20. The van der Waals surface area contributed by atoms with Crippen LogP contribution in [0.25, 0.3) is 0 Å². The van der Waals surface area contributed by atoms with Gasteiger partial charge in [0.1, 0.15) is 5.78 Å². The van der Waals surface area contributed by atoms with Gasteiger partial charge in [-0.25, -0.2) is 4.79 Å². The molecule has 112 valence electrons. The molecule has 0 aliphatic heterocycles. The molecule has 1 fully saturated rings. The minimum absolute atomic E-state index is 0.114. The average Bonchev–Trinajstić information content (AvgIpc) is 2.39. The largest absolute Gasteiger partial charge is 0.460 e. The van der Waals surface area contributed by atoms with Gasteiger partial charge in [0.25, 0.3) is 0 Å². The minimum atomic E-state index is -0.908. The third kappa shape index (κ3) is 4.00. The molecule has 0 heterocycles. The summed E-state index contributed by atoms with van der Waals surface area (Å²) in [5, 5.41) is 0. The lowest BCUT2D eigenvalue weighted by atomic mass is 9.69. The third-order valence-corrected chi connectivity index (χ3v) is 4.30. The third-order valence-electron chi connectivity index (χ3n) is 3.77. The van der Waals surface area contributed by atoms with Crippen molar-refractivity contribution >= 4 is 33.5 Å². The highest BCUT2D eigenvalue weighted by molar-refractivity contribution is 9.10. The van der Waals surface area contributed by atoms with Crippen molar-refractivity contribution in [2.45, 2.75) is 32.1 Å². The Kier molecular flexibility index (Phi) is 5.28. The van der Waals surface area contributed by atoms with E-state index < -0.39 is 11.8 Å². The fourth-order valence-corrected chi connectivity index (χ4v) is 2.74. The molecule has 0 saturated heterocycles. The Bertz CT molecular complexity index is 544. The Labute approximate surface area is 132 Å². The smallest absolute Gasteiger partial charge is 0.375 e. The van der Waals surface area contributed by atoms with Crippen molar-refractivity contribution in [3.05, 3.63) is 34.3 Å². The zero-order valence-corrected chi connectivity index (χ0v) is 13.4. The summed E-state index contributed by atoms with van der Waals surface area (Å²) in [4.78, 5) is 34.6. The van der Waals surface area contributed by atoms with Crippen molar-refractivity contribution < 1.29 is 19.1 Å². The van der Waals surface area contributed by atoms with Gasteiger partial charge < -0.3 is 4.74 Å². The number of carbonyl (C=O) groups is 3. The van der Waals surface area contributed by atoms with Crippen LogP contribution in [-0.4, -0.2) is 24.1 Å². The molecule has 0 aromatic heterocycles. The summed E-state index contributed by atoms with van der Waals surface area (Å²) in [6.45, 7) is 1.77. The summed E-state index contributed by atoms with van der Waals surface area (Å²) in [6.07, 6.45) is 1.16. The number of halogens is 1. The van der Waals surface area contributed by atoms with Gasteiger partial charge in [-0.2, -0.15) is 0 Å². The van der Waals surface area contributed by atoms with Crippen molar-refractivity contribution in [2.24, 2.45) is 5.92 Å². The molecule has 1 saturated carbocycles. The molecule has 5 heteroatoms. The lowest BCUT2D eigenvalue weighted by Gasteiger charge is -2.34. The summed E-state index contributed by atoms with van der Waals surface area (Å²) >= 11 is 3.39. The van der Waals surface area contributed by atoms with Gasteiger partial charge in [-0.1, -0.05) is 28.1 Å². The maximum Gasteiger partial charge on any atom is 0.375 e. The van der Waals surface area contributed by atoms with E-state index in [-0.39, 0.29) is 24.7 Å². The maximum atomic E-state index is 11.9. The van der Waals surface area contributed by atoms with Crippen molar-refractivity contribution in [1.82, 2.24) is 0 Å². The zero-order chi connectivity index (χ0) is 15.4. The van der Waals surface area contributed by atoms with Gasteiger partial charge in [0.15, 0.2) is 0 Å². The number of rotatable bonds is 6. The fraction of sp³-hybridized carbons (Fsp3) is 0.438. The van der Waals surface area contributed by atoms with Crippen molar-refractivity contribution in [3.8, 4) is 0 Å². The molecule has 1 aliphatic carbocycles. The van der Waals surface area contributed by atoms with E-state index in [4.69, 9.17) is 0 Å². The first-order valence-electron chi connectivity index (χ1n) is 6.99. The minimum Gasteiger partial charge on any atom is -0.460 e. The number of esters is 1. The summed E-state index contributed by atoms with van der Waals surface area (Å²) in [5.74, 6) is -1.55. The number of hydrogen-bond donors (Lipinski definition) is 0. The van der Waals surface area contributed by atoms with E-state index in [0.29, 0.717) is 5.92 Å². The summed E-state index contributed by atoms with van der Waals surface area (Å²) in [5.41, 5.74) is 1.21. The second-order valence-corrected chi connectivity index (χ2v) is 6.12. The van der Waals surface area contributed by atoms with E-state index in [1.807, 2.05) is 24.3 Å². The molecule has 0 N–H and O–H groups in total. The van der Waals surface area contributed by atoms with E-state index in [0.717, 1.165) is 17.3 Å². The van der Waals surface area contributed by atoms with Gasteiger partial charge in [0.05, 0.1) is 13.0 Å². The number of carbonyl (C=O) groups excluding carboxylic acids is 3. The molecular formula is C16H17BrO4. The van der Waals surface area contributed by atoms with Gasteiger partial charge in [-0.15, -0.1) is 0 Å². The normalized spacial score (nSPS) is 20.5. The molecule has 0 bridgehead atoms. The lowest BCUT2D eigenvalue weighted by Crippen LogP contribution is -2.32. The second kappa shape index (κ2) is 6.98. The van der Waals surface area contributed by atoms with Crippen LogP contribution in [0.2, 0.25) is 0 Å². The molecule has 2 rings (SSSR count). The predicted octanol–water partition coefficient (Wildman–Crippen LogP) is 3.03. The lowest BCUT2D eigenvalue weighted by molar-refractivity contribution is -0.154. The SMILES string of the molecule is CCOC(=O)C(=O)CC(=O)C1CC(c2ccc(Br)cc2)C1. The summed E-state index contributed by atoms with van der Waals surface area (Å²) < 4.78 is 5.62. The molecule has 1 aromatic carbocycles. The maximum absolute atomic E-state index is 11.9. The first-order valence-corrected chi connectivity index (χ1v) is 7.78. The highest BCUT2D eigenvalue weighted by atomic mass is 79.9. The van der Waals surface area contributed by atoms with Crippen LogP contribution >= 0.6 is 15.9 Å². The van der Waals surface area contributed by atoms with Crippen LogP contribution in [0.5, 0.6) is 0 Å². The molecule has 0 amide bonds. The fourth-order valence-electron chi connectivity index (χ4n) is 2.47. The Morgan fingerprint density at radius 1 is 1.19 bits per heavy atom. The molecule has 0 atom stereocenters. The highest BCUT2D eigenvalue weighted by Gasteiger charge is 2.36. The first-order chi connectivity index (χ1) is 10.0. The quantitative estimate of drug-likeness (QED) is 0.448. The van der Waals surface area contributed by atoms with Crippen LogP contribution in [0.4, 0.5) is 0 Å². The van der Waals surface area contributed by atoms with Crippen LogP contribution in [0, 0.1) is 5.92 Å². The Morgan fingerprint density at radius 2 is 1.81 bits per heavy atom. The van der Waals surface area contributed by atoms with Gasteiger partial charge in [0.2, 0.25) is 5.78 Å². The number of ketones is 2. The van der Waals surface area contributed by atoms with Gasteiger partial charge >= 0.3 is 5.97 Å². The van der Waals surface area contributed by atoms with E-state index >= 15 is 0 Å². The highest BCUT2D eigenvalue weighted by Crippen LogP contribution is 2.42. The summed E-state index contributed by atoms with van der Waals surface area (Å²) in [7, 11) is 0. The van der Waals surface area contributed by atoms with Crippen molar-refractivity contribution in [2.75, 3.05) is 6.61 Å². The van der Waals surface area contributed by atoms with Crippen molar-refractivity contribution in [3.63, 3.8) is 0 Å². The monoisotopic (exact) mass is 352 g/mol. The molecular weight excluding hydrogens is 336 g/mol. The molecule has 1 aliphatic rings. The standard InChI is InChI=1S/C16H17BrO4/c1-2-21-16(20)15(19)9-14(18)12-7-11(8-12)10-3-5-13(17)6-4-10/h3-6,11-12H,2,7-9H2,1H3. The molecule has 4 nitrogen and oxygen atoms in total. The van der Waals surface area contributed by atoms with E-state index in [2.05, 4.69) is 20.7 Å². The molecule has 0 spiro atoms. The number of benzene rings is 1. The molecule has 0 radical (unpaired) electrons. The van der Waals surface area contributed by atoms with E-state index in [9.17, 15) is 14.4 Å².